The number of anilines is 2. The molecule has 0 aromatic carbocycles. The van der Waals surface area contributed by atoms with E-state index in [9.17, 15) is 10.2 Å². The molecule has 3 aromatic rings. The van der Waals surface area contributed by atoms with E-state index in [-0.39, 0.29) is 0 Å². The van der Waals surface area contributed by atoms with Gasteiger partial charge in [-0.25, -0.2) is 9.97 Å². The third kappa shape index (κ3) is 8.41. The SMILES string of the molecule is Cn1nccc1N[C@@H](CCN(CCCCc1ccc2c(n1)NCCC2)CCOc1ccccn1)C(O)O. The third-order valence-electron chi connectivity index (χ3n) is 6.67. The van der Waals surface area contributed by atoms with Gasteiger partial charge in [0.1, 0.15) is 18.2 Å². The molecule has 1 aliphatic rings. The number of nitrogens with one attached hydrogen (secondary N) is 2. The van der Waals surface area contributed by atoms with Gasteiger partial charge < -0.3 is 25.6 Å². The fourth-order valence-electron chi connectivity index (χ4n) is 4.52. The summed E-state index contributed by atoms with van der Waals surface area (Å²) in [4.78, 5) is 11.3. The van der Waals surface area contributed by atoms with Crippen molar-refractivity contribution in [3.05, 3.63) is 60.0 Å². The highest BCUT2D eigenvalue weighted by Gasteiger charge is 2.19. The van der Waals surface area contributed by atoms with Crippen LogP contribution in [-0.2, 0) is 19.9 Å². The normalized spacial score (nSPS) is 13.9. The molecule has 4 rings (SSSR count). The predicted molar refractivity (Wildman–Crippen MR) is 144 cm³/mol. The first-order valence-electron chi connectivity index (χ1n) is 13.2. The van der Waals surface area contributed by atoms with E-state index in [2.05, 4.69) is 37.7 Å². The molecule has 0 fully saturated rings. The van der Waals surface area contributed by atoms with Crippen LogP contribution in [0, 0.1) is 0 Å². The number of aryl methyl sites for hydroxylation is 3. The maximum atomic E-state index is 9.96. The lowest BCUT2D eigenvalue weighted by Gasteiger charge is -2.27. The summed E-state index contributed by atoms with van der Waals surface area (Å²) in [7, 11) is 1.82. The largest absolute Gasteiger partial charge is 0.476 e. The van der Waals surface area contributed by atoms with E-state index < -0.39 is 12.3 Å². The Kier molecular flexibility index (Phi) is 10.1. The first kappa shape index (κ1) is 26.8. The number of hydrogen-bond donors (Lipinski definition) is 4. The van der Waals surface area contributed by atoms with Gasteiger partial charge in [-0.3, -0.25) is 9.58 Å². The minimum atomic E-state index is -1.48. The second-order valence-electron chi connectivity index (χ2n) is 9.45. The van der Waals surface area contributed by atoms with Gasteiger partial charge in [-0.15, -0.1) is 0 Å². The van der Waals surface area contributed by atoms with Gasteiger partial charge >= 0.3 is 0 Å². The maximum Gasteiger partial charge on any atom is 0.213 e. The van der Waals surface area contributed by atoms with Crippen molar-refractivity contribution in [2.75, 3.05) is 43.4 Å². The number of fused-ring (bicyclic) bond motifs is 1. The lowest BCUT2D eigenvalue weighted by Crippen LogP contribution is -2.39. The molecule has 37 heavy (non-hydrogen) atoms. The minimum Gasteiger partial charge on any atom is -0.476 e. The zero-order valence-corrected chi connectivity index (χ0v) is 21.6. The Balaban J connectivity index is 1.28. The van der Waals surface area contributed by atoms with E-state index in [1.807, 2.05) is 31.3 Å². The van der Waals surface area contributed by atoms with Crippen molar-refractivity contribution in [2.45, 2.75) is 50.9 Å². The summed E-state index contributed by atoms with van der Waals surface area (Å²) in [6.07, 6.45) is 7.72. The fraction of sp³-hybridized carbons (Fsp3) is 0.519. The lowest BCUT2D eigenvalue weighted by molar-refractivity contribution is -0.0561. The Morgan fingerprint density at radius 3 is 2.81 bits per heavy atom. The number of nitrogens with zero attached hydrogens (tertiary/aromatic N) is 5. The van der Waals surface area contributed by atoms with Gasteiger partial charge in [0.25, 0.3) is 0 Å². The number of rotatable bonds is 15. The Morgan fingerprint density at radius 2 is 2.03 bits per heavy atom. The number of ether oxygens (including phenoxy) is 1. The first-order chi connectivity index (χ1) is 18.1. The molecule has 0 amide bonds. The number of pyridine rings is 2. The van der Waals surface area contributed by atoms with E-state index in [1.54, 1.807) is 17.1 Å². The Labute approximate surface area is 218 Å². The molecule has 200 valence electrons. The molecule has 0 radical (unpaired) electrons. The molecule has 1 aliphatic heterocycles. The van der Waals surface area contributed by atoms with Gasteiger partial charge in [-0.2, -0.15) is 5.10 Å². The zero-order chi connectivity index (χ0) is 25.9. The molecule has 0 bridgehead atoms. The van der Waals surface area contributed by atoms with Crippen LogP contribution in [0.2, 0.25) is 0 Å². The highest BCUT2D eigenvalue weighted by molar-refractivity contribution is 5.47. The van der Waals surface area contributed by atoms with Gasteiger partial charge in [-0.05, 0) is 62.8 Å². The molecule has 0 unspecified atom stereocenters. The average molecular weight is 510 g/mol. The van der Waals surface area contributed by atoms with Crippen LogP contribution in [0.25, 0.3) is 0 Å². The molecule has 3 aromatic heterocycles. The molecule has 0 aliphatic carbocycles. The Morgan fingerprint density at radius 1 is 1.11 bits per heavy atom. The molecular weight excluding hydrogens is 470 g/mol. The first-order valence-corrected chi connectivity index (χ1v) is 13.2. The Bertz CT molecular complexity index is 1080. The highest BCUT2D eigenvalue weighted by Crippen LogP contribution is 2.20. The highest BCUT2D eigenvalue weighted by atomic mass is 16.5. The van der Waals surface area contributed by atoms with Crippen molar-refractivity contribution < 1.29 is 14.9 Å². The summed E-state index contributed by atoms with van der Waals surface area (Å²) in [5.41, 5.74) is 2.44. The third-order valence-corrected chi connectivity index (χ3v) is 6.67. The van der Waals surface area contributed by atoms with Crippen LogP contribution in [0.15, 0.2) is 48.8 Å². The Hall–Kier alpha value is -3.21. The number of unbranched alkanes of at least 4 members (excludes halogenated alkanes) is 1. The molecule has 10 nitrogen and oxygen atoms in total. The van der Waals surface area contributed by atoms with Crippen LogP contribution < -0.4 is 15.4 Å². The monoisotopic (exact) mass is 509 g/mol. The zero-order valence-electron chi connectivity index (χ0n) is 21.6. The van der Waals surface area contributed by atoms with Crippen LogP contribution in [0.1, 0.15) is 36.9 Å². The summed E-state index contributed by atoms with van der Waals surface area (Å²) in [6, 6.07) is 11.3. The smallest absolute Gasteiger partial charge is 0.213 e. The number of aliphatic hydroxyl groups excluding tert-OH is 1. The van der Waals surface area contributed by atoms with Crippen molar-refractivity contribution in [1.82, 2.24) is 24.6 Å². The van der Waals surface area contributed by atoms with Gasteiger partial charge in [0.05, 0.1) is 12.2 Å². The van der Waals surface area contributed by atoms with E-state index in [4.69, 9.17) is 9.72 Å². The van der Waals surface area contributed by atoms with E-state index in [0.29, 0.717) is 25.5 Å². The quantitative estimate of drug-likeness (QED) is 0.181. The van der Waals surface area contributed by atoms with E-state index in [0.717, 1.165) is 62.6 Å². The van der Waals surface area contributed by atoms with Crippen LogP contribution >= 0.6 is 0 Å². The van der Waals surface area contributed by atoms with Crippen molar-refractivity contribution in [1.29, 1.82) is 0 Å². The van der Waals surface area contributed by atoms with E-state index >= 15 is 0 Å². The molecule has 1 atom stereocenters. The van der Waals surface area contributed by atoms with Crippen molar-refractivity contribution in [2.24, 2.45) is 7.05 Å². The van der Waals surface area contributed by atoms with Crippen molar-refractivity contribution in [3.8, 4) is 5.88 Å². The standard InChI is InChI=1S/C27H39N7O3/c1-33-24(12-16-30-33)32-23(27(35)36)13-18-34(19-20-37-25-9-2-4-14-28-25)17-5-3-8-22-11-10-21-7-6-15-29-26(21)31-22/h2,4,9-12,14,16,23,27,32,35-36H,3,5-8,13,15,17-20H2,1H3,(H,29,31)/t23-/m0/s1. The summed E-state index contributed by atoms with van der Waals surface area (Å²) >= 11 is 0. The summed E-state index contributed by atoms with van der Waals surface area (Å²) < 4.78 is 7.50. The molecule has 4 N–H and O–H groups in total. The van der Waals surface area contributed by atoms with Crippen LogP contribution in [-0.4, -0.2) is 80.0 Å². The summed E-state index contributed by atoms with van der Waals surface area (Å²) in [6.45, 7) is 3.81. The van der Waals surface area contributed by atoms with Gasteiger partial charge in [0.2, 0.25) is 5.88 Å². The van der Waals surface area contributed by atoms with E-state index in [1.165, 1.54) is 12.0 Å². The second-order valence-corrected chi connectivity index (χ2v) is 9.45. The number of aromatic nitrogens is 4. The van der Waals surface area contributed by atoms with Crippen LogP contribution in [0.4, 0.5) is 11.6 Å². The van der Waals surface area contributed by atoms with Crippen molar-refractivity contribution >= 4 is 11.6 Å². The van der Waals surface area contributed by atoms with Crippen LogP contribution in [0.5, 0.6) is 5.88 Å². The topological polar surface area (TPSA) is 121 Å². The van der Waals surface area contributed by atoms with Crippen molar-refractivity contribution in [3.63, 3.8) is 0 Å². The molecule has 0 spiro atoms. The fourth-order valence-corrected chi connectivity index (χ4v) is 4.52. The molecule has 0 saturated heterocycles. The number of hydrogen-bond acceptors (Lipinski definition) is 9. The molecule has 10 heteroatoms. The predicted octanol–water partition coefficient (Wildman–Crippen LogP) is 2.45. The molecule has 0 saturated carbocycles. The summed E-state index contributed by atoms with van der Waals surface area (Å²) in [5.74, 6) is 2.40. The van der Waals surface area contributed by atoms with Gasteiger partial charge in [0.15, 0.2) is 6.29 Å². The molecular formula is C27H39N7O3. The average Bonchev–Trinajstić information content (AvgIpc) is 3.32. The van der Waals surface area contributed by atoms with Crippen LogP contribution in [0.3, 0.4) is 0 Å². The van der Waals surface area contributed by atoms with Gasteiger partial charge in [-0.1, -0.05) is 12.1 Å². The second kappa shape index (κ2) is 13.9. The van der Waals surface area contributed by atoms with Gasteiger partial charge in [0, 0.05) is 50.7 Å². The minimum absolute atomic E-state index is 0.510. The summed E-state index contributed by atoms with van der Waals surface area (Å²) in [5, 5.41) is 30.7. The lowest BCUT2D eigenvalue weighted by atomic mass is 10.1. The number of aliphatic hydroxyl groups is 2. The maximum absolute atomic E-state index is 9.96. The molecule has 4 heterocycles.